The van der Waals surface area contributed by atoms with Crippen LogP contribution in [0.1, 0.15) is 6.42 Å². The second-order valence-electron chi connectivity index (χ2n) is 1.57. The molecule has 0 amide bonds. The smallest absolute Gasteiger partial charge is 0.236 e. The molecule has 0 spiro atoms. The van der Waals surface area contributed by atoms with Gasteiger partial charge in [0.05, 0.1) is 6.26 Å². The second kappa shape index (κ2) is 2.30. The zero-order chi connectivity index (χ0) is 6.69. The molecule has 0 atom stereocenters. The van der Waals surface area contributed by atoms with Gasteiger partial charge in [0.2, 0.25) is 5.90 Å². The van der Waals surface area contributed by atoms with Crippen LogP contribution >= 0.6 is 0 Å². The average Bonchev–Trinajstić information content (AvgIpc) is 1.89. The van der Waals surface area contributed by atoms with Crippen LogP contribution in [-0.4, -0.2) is 16.8 Å². The fourth-order valence-electron chi connectivity index (χ4n) is 0.523. The first-order valence-electron chi connectivity index (χ1n) is 2.46. The monoisotopic (exact) mass is 126 g/mol. The standard InChI is InChI=1S/C5H6N2O2/c6-5-4(7-8)2-1-3-9-5/h1,3,6,8H,2H2. The van der Waals surface area contributed by atoms with Crippen molar-refractivity contribution in [2.45, 2.75) is 6.42 Å². The Labute approximate surface area is 51.9 Å². The van der Waals surface area contributed by atoms with E-state index in [-0.39, 0.29) is 11.6 Å². The third-order valence-electron chi connectivity index (χ3n) is 0.976. The molecular weight excluding hydrogens is 120 g/mol. The van der Waals surface area contributed by atoms with Gasteiger partial charge in [0, 0.05) is 6.42 Å². The van der Waals surface area contributed by atoms with Crippen molar-refractivity contribution in [1.29, 1.82) is 5.41 Å². The Bertz CT molecular complexity index is 183. The van der Waals surface area contributed by atoms with Crippen LogP contribution in [0.15, 0.2) is 17.5 Å². The highest BCUT2D eigenvalue weighted by Crippen LogP contribution is 1.99. The van der Waals surface area contributed by atoms with Crippen LogP contribution in [0.5, 0.6) is 0 Å². The molecule has 1 heterocycles. The molecular formula is C5H6N2O2. The average molecular weight is 126 g/mol. The summed E-state index contributed by atoms with van der Waals surface area (Å²) in [6, 6.07) is 0. The molecule has 4 nitrogen and oxygen atoms in total. The molecule has 48 valence electrons. The van der Waals surface area contributed by atoms with Gasteiger partial charge in [-0.25, -0.2) is 0 Å². The Morgan fingerprint density at radius 2 is 2.56 bits per heavy atom. The van der Waals surface area contributed by atoms with Crippen molar-refractivity contribution >= 4 is 11.6 Å². The van der Waals surface area contributed by atoms with Crippen molar-refractivity contribution in [3.8, 4) is 0 Å². The van der Waals surface area contributed by atoms with Gasteiger partial charge in [0.25, 0.3) is 0 Å². The van der Waals surface area contributed by atoms with Crippen molar-refractivity contribution in [2.75, 3.05) is 0 Å². The van der Waals surface area contributed by atoms with E-state index in [1.807, 2.05) is 0 Å². The molecule has 0 radical (unpaired) electrons. The molecule has 4 heteroatoms. The van der Waals surface area contributed by atoms with Gasteiger partial charge in [0.15, 0.2) is 0 Å². The SMILES string of the molecule is N=C1OC=CCC1=NO. The zero-order valence-electron chi connectivity index (χ0n) is 4.66. The fraction of sp³-hybridized carbons (Fsp3) is 0.200. The van der Waals surface area contributed by atoms with Crippen molar-refractivity contribution in [3.63, 3.8) is 0 Å². The third kappa shape index (κ3) is 1.07. The lowest BCUT2D eigenvalue weighted by molar-refractivity contribution is 0.317. The number of ether oxygens (including phenoxy) is 1. The van der Waals surface area contributed by atoms with E-state index < -0.39 is 0 Å². The summed E-state index contributed by atoms with van der Waals surface area (Å²) >= 11 is 0. The normalized spacial score (nSPS) is 22.2. The second-order valence-corrected chi connectivity index (χ2v) is 1.57. The minimum absolute atomic E-state index is 0.0833. The number of oxime groups is 1. The van der Waals surface area contributed by atoms with Crippen LogP contribution in [0, 0.1) is 5.41 Å². The lowest BCUT2D eigenvalue weighted by Crippen LogP contribution is -2.16. The Morgan fingerprint density at radius 3 is 3.00 bits per heavy atom. The first-order valence-corrected chi connectivity index (χ1v) is 2.46. The fourth-order valence-corrected chi connectivity index (χ4v) is 0.523. The van der Waals surface area contributed by atoms with E-state index in [1.54, 1.807) is 6.08 Å². The first-order chi connectivity index (χ1) is 4.34. The predicted octanol–water partition coefficient (Wildman–Crippen LogP) is 0.728. The maximum atomic E-state index is 8.19. The summed E-state index contributed by atoms with van der Waals surface area (Å²) in [7, 11) is 0. The number of hydrogen-bond donors (Lipinski definition) is 2. The Kier molecular flexibility index (Phi) is 1.48. The van der Waals surface area contributed by atoms with Crippen LogP contribution in [-0.2, 0) is 4.74 Å². The van der Waals surface area contributed by atoms with Gasteiger partial charge >= 0.3 is 0 Å². The van der Waals surface area contributed by atoms with Gasteiger partial charge in [-0.15, -0.1) is 0 Å². The van der Waals surface area contributed by atoms with Crippen LogP contribution in [0.3, 0.4) is 0 Å². The molecule has 0 aromatic carbocycles. The highest BCUT2D eigenvalue weighted by molar-refractivity contribution is 6.38. The number of nitrogens with zero attached hydrogens (tertiary/aromatic N) is 1. The highest BCUT2D eigenvalue weighted by Gasteiger charge is 2.09. The van der Waals surface area contributed by atoms with Crippen LogP contribution in [0.2, 0.25) is 0 Å². The van der Waals surface area contributed by atoms with E-state index in [0.29, 0.717) is 6.42 Å². The van der Waals surface area contributed by atoms with Crippen molar-refractivity contribution in [3.05, 3.63) is 12.3 Å². The van der Waals surface area contributed by atoms with E-state index in [4.69, 9.17) is 10.6 Å². The molecule has 0 unspecified atom stereocenters. The Hall–Kier alpha value is -1.32. The number of nitrogens with one attached hydrogen (secondary N) is 1. The van der Waals surface area contributed by atoms with Crippen LogP contribution in [0.25, 0.3) is 0 Å². The summed E-state index contributed by atoms with van der Waals surface area (Å²) in [6.45, 7) is 0. The number of hydrogen-bond acceptors (Lipinski definition) is 4. The minimum Gasteiger partial charge on any atom is -0.446 e. The first kappa shape index (κ1) is 5.81. The molecule has 0 bridgehead atoms. The van der Waals surface area contributed by atoms with E-state index in [1.165, 1.54) is 6.26 Å². The summed E-state index contributed by atoms with van der Waals surface area (Å²) in [6.07, 6.45) is 3.54. The van der Waals surface area contributed by atoms with E-state index in [2.05, 4.69) is 9.89 Å². The molecule has 0 fully saturated rings. The molecule has 0 saturated carbocycles. The van der Waals surface area contributed by atoms with Gasteiger partial charge in [-0.3, -0.25) is 5.41 Å². The van der Waals surface area contributed by atoms with Gasteiger partial charge < -0.3 is 9.94 Å². The molecule has 0 aromatic rings. The summed E-state index contributed by atoms with van der Waals surface area (Å²) in [5.74, 6) is -0.0833. The van der Waals surface area contributed by atoms with Crippen LogP contribution in [0.4, 0.5) is 0 Å². The summed E-state index contributed by atoms with van der Waals surface area (Å²) < 4.78 is 4.59. The highest BCUT2D eigenvalue weighted by atomic mass is 16.5. The van der Waals surface area contributed by atoms with Crippen molar-refractivity contribution in [1.82, 2.24) is 0 Å². The quantitative estimate of drug-likeness (QED) is 0.371. The predicted molar refractivity (Wildman–Crippen MR) is 31.8 cm³/mol. The lowest BCUT2D eigenvalue weighted by Gasteiger charge is -2.06. The van der Waals surface area contributed by atoms with Gasteiger partial charge in [-0.2, -0.15) is 0 Å². The van der Waals surface area contributed by atoms with Gasteiger partial charge in [-0.05, 0) is 6.08 Å². The molecule has 9 heavy (non-hydrogen) atoms. The molecule has 0 saturated heterocycles. The Balaban J connectivity index is 2.76. The van der Waals surface area contributed by atoms with Crippen molar-refractivity contribution in [2.24, 2.45) is 5.16 Å². The summed E-state index contributed by atoms with van der Waals surface area (Å²) in [5.41, 5.74) is 0.262. The Morgan fingerprint density at radius 1 is 1.78 bits per heavy atom. The summed E-state index contributed by atoms with van der Waals surface area (Å²) in [4.78, 5) is 0. The van der Waals surface area contributed by atoms with E-state index >= 15 is 0 Å². The lowest BCUT2D eigenvalue weighted by atomic mass is 10.2. The molecule has 1 rings (SSSR count). The van der Waals surface area contributed by atoms with E-state index in [0.717, 1.165) is 0 Å². The molecule has 2 N–H and O–H groups in total. The number of allylic oxidation sites excluding steroid dienone is 1. The number of rotatable bonds is 0. The minimum atomic E-state index is -0.0833. The van der Waals surface area contributed by atoms with E-state index in [9.17, 15) is 0 Å². The van der Waals surface area contributed by atoms with Crippen LogP contribution < -0.4 is 0 Å². The molecule has 0 aromatic heterocycles. The molecule has 1 aliphatic heterocycles. The van der Waals surface area contributed by atoms with Crippen molar-refractivity contribution < 1.29 is 9.94 Å². The largest absolute Gasteiger partial charge is 0.446 e. The third-order valence-corrected chi connectivity index (χ3v) is 0.976. The topological polar surface area (TPSA) is 65.7 Å². The summed E-state index contributed by atoms with van der Waals surface area (Å²) in [5, 5.41) is 18.0. The maximum Gasteiger partial charge on any atom is 0.236 e. The zero-order valence-corrected chi connectivity index (χ0v) is 4.66. The molecule has 1 aliphatic rings. The van der Waals surface area contributed by atoms with Gasteiger partial charge in [-0.1, -0.05) is 5.16 Å². The maximum absolute atomic E-state index is 8.19. The van der Waals surface area contributed by atoms with Gasteiger partial charge in [0.1, 0.15) is 5.71 Å². The molecule has 0 aliphatic carbocycles.